The lowest BCUT2D eigenvalue weighted by atomic mass is 9.89. The minimum Gasteiger partial charge on any atom is -0.393 e. The molecule has 11 heteroatoms. The van der Waals surface area contributed by atoms with Crippen molar-refractivity contribution in [2.75, 3.05) is 24.8 Å². The van der Waals surface area contributed by atoms with Gasteiger partial charge in [-0.1, -0.05) is 0 Å². The molecular weight excluding hydrogens is 450 g/mol. The number of aromatic nitrogens is 4. The molecule has 2 aliphatic rings. The van der Waals surface area contributed by atoms with Crippen molar-refractivity contribution in [2.24, 2.45) is 0 Å². The van der Waals surface area contributed by atoms with Crippen molar-refractivity contribution in [3.05, 3.63) is 46.5 Å². The lowest BCUT2D eigenvalue weighted by molar-refractivity contribution is 0.00732. The second-order valence-electron chi connectivity index (χ2n) is 9.24. The van der Waals surface area contributed by atoms with E-state index >= 15 is 0 Å². The van der Waals surface area contributed by atoms with Crippen molar-refractivity contribution in [2.45, 2.75) is 62.8 Å². The van der Waals surface area contributed by atoms with Gasteiger partial charge in [-0.05, 0) is 50.7 Å². The fraction of sp³-hybridized carbons (Fsp3) is 0.500. The van der Waals surface area contributed by atoms with Crippen LogP contribution in [0.1, 0.15) is 54.9 Å². The molecule has 0 spiro atoms. The Labute approximate surface area is 202 Å². The maximum atomic E-state index is 13.2. The van der Waals surface area contributed by atoms with Crippen molar-refractivity contribution >= 4 is 28.9 Å². The Kier molecular flexibility index (Phi) is 6.44. The molecule has 0 bridgehead atoms. The zero-order chi connectivity index (χ0) is 24.5. The highest BCUT2D eigenvalue weighted by atomic mass is 16.5. The highest BCUT2D eigenvalue weighted by molar-refractivity contribution is 6.00. The molecule has 11 nitrogen and oxygen atoms in total. The number of pyridine rings is 1. The van der Waals surface area contributed by atoms with E-state index in [-0.39, 0.29) is 35.8 Å². The summed E-state index contributed by atoms with van der Waals surface area (Å²) < 4.78 is 8.62. The fourth-order valence-electron chi connectivity index (χ4n) is 4.95. The minimum atomic E-state index is -0.384. The molecule has 2 saturated carbocycles. The number of fused-ring (bicyclic) bond motifs is 1. The van der Waals surface area contributed by atoms with Gasteiger partial charge in [0, 0.05) is 32.5 Å². The topological polar surface area (TPSA) is 135 Å². The van der Waals surface area contributed by atoms with E-state index in [2.05, 4.69) is 26.0 Å². The van der Waals surface area contributed by atoms with Crippen LogP contribution in [0.3, 0.4) is 0 Å². The molecule has 186 valence electrons. The molecular formula is C24H31N7O4. The second-order valence-corrected chi connectivity index (χ2v) is 9.24. The summed E-state index contributed by atoms with van der Waals surface area (Å²) in [7, 11) is 3.40. The maximum absolute atomic E-state index is 13.2. The summed E-state index contributed by atoms with van der Waals surface area (Å²) >= 11 is 0. The first-order chi connectivity index (χ1) is 17.0. The van der Waals surface area contributed by atoms with Crippen molar-refractivity contribution in [3.8, 4) is 0 Å². The first kappa shape index (κ1) is 23.3. The van der Waals surface area contributed by atoms with Crippen LogP contribution in [-0.4, -0.2) is 62.6 Å². The van der Waals surface area contributed by atoms with Crippen LogP contribution in [-0.2, 0) is 4.74 Å². The molecule has 0 unspecified atom stereocenters. The van der Waals surface area contributed by atoms with Crippen LogP contribution in [0.25, 0.3) is 5.65 Å². The number of hydrogen-bond donors (Lipinski definition) is 4. The van der Waals surface area contributed by atoms with Crippen LogP contribution < -0.4 is 21.5 Å². The van der Waals surface area contributed by atoms with Gasteiger partial charge in [0.05, 0.1) is 24.4 Å². The number of nitrogens with zero attached hydrogens (tertiary/aromatic N) is 4. The molecule has 1 amide bonds. The quantitative estimate of drug-likeness (QED) is 0.403. The summed E-state index contributed by atoms with van der Waals surface area (Å²) in [6.45, 7) is 0. The van der Waals surface area contributed by atoms with E-state index in [0.29, 0.717) is 35.0 Å². The van der Waals surface area contributed by atoms with Crippen molar-refractivity contribution in [1.29, 1.82) is 0 Å². The number of rotatable bonds is 7. The van der Waals surface area contributed by atoms with E-state index in [9.17, 15) is 14.7 Å². The van der Waals surface area contributed by atoms with Gasteiger partial charge >= 0.3 is 0 Å². The van der Waals surface area contributed by atoms with Gasteiger partial charge in [0.25, 0.3) is 11.5 Å². The number of amides is 1. The molecule has 0 saturated heterocycles. The predicted octanol–water partition coefficient (Wildman–Crippen LogP) is 2.06. The molecule has 2 aliphatic carbocycles. The largest absolute Gasteiger partial charge is 0.393 e. The predicted molar refractivity (Wildman–Crippen MR) is 131 cm³/mol. The zero-order valence-electron chi connectivity index (χ0n) is 19.9. The summed E-state index contributed by atoms with van der Waals surface area (Å²) in [6.07, 6.45) is 7.75. The molecule has 3 aromatic rings. The van der Waals surface area contributed by atoms with E-state index in [1.165, 1.54) is 6.20 Å². The summed E-state index contributed by atoms with van der Waals surface area (Å²) in [5.41, 5.74) is 0.904. The van der Waals surface area contributed by atoms with Gasteiger partial charge in [0.15, 0.2) is 5.65 Å². The van der Waals surface area contributed by atoms with Gasteiger partial charge < -0.3 is 30.4 Å². The third-order valence-electron chi connectivity index (χ3n) is 7.05. The standard InChI is InChI=1S/C24H31N7O4/c1-25-21-12-20(27-18-7-4-10-30(24(18)34)14-5-3-6-15(32)11-14)29-22-16(13-26-31(21)22)23(33)28-17-8-9-19(17)35-2/h4,7,10,12-15,17,19,25,32H,3,5-6,8-9,11H2,1-2H3,(H,27,29)(H,28,33)/t14-,15-,17+,19+/m0/s1. The molecule has 0 aromatic carbocycles. The van der Waals surface area contributed by atoms with E-state index in [1.807, 2.05) is 6.07 Å². The number of anilines is 3. The SMILES string of the molecule is CNc1cc(Nc2cccn([C@H]3CCC[C@H](O)C3)c2=O)nc2c(C(=O)N[C@@H]3CC[C@H]3OC)cnn12. The Hall–Kier alpha value is -3.44. The zero-order valence-corrected chi connectivity index (χ0v) is 19.9. The van der Waals surface area contributed by atoms with Crippen molar-refractivity contribution in [1.82, 2.24) is 24.5 Å². The third kappa shape index (κ3) is 4.48. The number of carbonyl (C=O) groups is 1. The van der Waals surface area contributed by atoms with Crippen LogP contribution in [0.5, 0.6) is 0 Å². The summed E-state index contributed by atoms with van der Waals surface area (Å²) in [6, 6.07) is 5.17. The molecule has 4 N–H and O–H groups in total. The van der Waals surface area contributed by atoms with Crippen molar-refractivity contribution in [3.63, 3.8) is 0 Å². The molecule has 0 aliphatic heterocycles. The average molecular weight is 482 g/mol. The van der Waals surface area contributed by atoms with E-state index < -0.39 is 0 Å². The lowest BCUT2D eigenvalue weighted by Crippen LogP contribution is -2.51. The number of ether oxygens (including phenoxy) is 1. The molecule has 3 aromatic heterocycles. The summed E-state index contributed by atoms with van der Waals surface area (Å²) in [5, 5.41) is 23.6. The van der Waals surface area contributed by atoms with Gasteiger partial charge in [-0.15, -0.1) is 0 Å². The van der Waals surface area contributed by atoms with Gasteiger partial charge in [-0.2, -0.15) is 9.61 Å². The highest BCUT2D eigenvalue weighted by Gasteiger charge is 2.33. The lowest BCUT2D eigenvalue weighted by Gasteiger charge is -2.35. The number of carbonyl (C=O) groups excluding carboxylic acids is 1. The number of aliphatic hydroxyl groups excluding tert-OH is 1. The maximum Gasteiger partial charge on any atom is 0.274 e. The van der Waals surface area contributed by atoms with Crippen molar-refractivity contribution < 1.29 is 14.6 Å². The number of hydrogen-bond acceptors (Lipinski definition) is 8. The van der Waals surface area contributed by atoms with Crippen LogP contribution in [0.2, 0.25) is 0 Å². The first-order valence-corrected chi connectivity index (χ1v) is 12.0. The van der Waals surface area contributed by atoms with Crippen LogP contribution >= 0.6 is 0 Å². The summed E-state index contributed by atoms with van der Waals surface area (Å²) in [4.78, 5) is 30.8. The fourth-order valence-corrected chi connectivity index (χ4v) is 4.95. The van der Waals surface area contributed by atoms with E-state index in [1.54, 1.807) is 41.6 Å². The minimum absolute atomic E-state index is 0.0179. The van der Waals surface area contributed by atoms with Gasteiger partial charge in [0.2, 0.25) is 0 Å². The molecule has 2 fully saturated rings. The summed E-state index contributed by atoms with van der Waals surface area (Å²) in [5.74, 6) is 0.756. The Morgan fingerprint density at radius 1 is 1.26 bits per heavy atom. The van der Waals surface area contributed by atoms with Gasteiger partial charge in [0.1, 0.15) is 22.9 Å². The number of nitrogens with one attached hydrogen (secondary N) is 3. The Balaban J connectivity index is 1.44. The average Bonchev–Trinajstić information content (AvgIpc) is 3.27. The Morgan fingerprint density at radius 2 is 2.11 bits per heavy atom. The number of methoxy groups -OCH3 is 1. The normalized spacial score (nSPS) is 24.1. The van der Waals surface area contributed by atoms with Crippen LogP contribution in [0.15, 0.2) is 35.4 Å². The smallest absolute Gasteiger partial charge is 0.274 e. The van der Waals surface area contributed by atoms with Crippen LogP contribution in [0, 0.1) is 0 Å². The Bertz CT molecular complexity index is 1280. The van der Waals surface area contributed by atoms with Gasteiger partial charge in [-0.25, -0.2) is 4.98 Å². The molecule has 5 rings (SSSR count). The van der Waals surface area contributed by atoms with Gasteiger partial charge in [-0.3, -0.25) is 9.59 Å². The second kappa shape index (κ2) is 9.67. The monoisotopic (exact) mass is 481 g/mol. The number of aliphatic hydroxyl groups is 1. The molecule has 0 radical (unpaired) electrons. The molecule has 4 atom stereocenters. The third-order valence-corrected chi connectivity index (χ3v) is 7.05. The Morgan fingerprint density at radius 3 is 2.83 bits per heavy atom. The molecule has 35 heavy (non-hydrogen) atoms. The van der Waals surface area contributed by atoms with E-state index in [0.717, 1.165) is 32.1 Å². The highest BCUT2D eigenvalue weighted by Crippen LogP contribution is 2.28. The molecule has 3 heterocycles. The van der Waals surface area contributed by atoms with Crippen LogP contribution in [0.4, 0.5) is 17.3 Å². The van der Waals surface area contributed by atoms with E-state index in [4.69, 9.17) is 4.74 Å². The first-order valence-electron chi connectivity index (χ1n) is 12.0.